The zero-order chi connectivity index (χ0) is 14.3. The van der Waals surface area contributed by atoms with Gasteiger partial charge in [0.2, 0.25) is 0 Å². The molecule has 0 fully saturated rings. The van der Waals surface area contributed by atoms with E-state index in [1.54, 1.807) is 12.1 Å². The minimum atomic E-state index is -0.416. The Morgan fingerprint density at radius 1 is 1.42 bits per heavy atom. The van der Waals surface area contributed by atoms with Crippen LogP contribution in [0.2, 0.25) is 0 Å². The molecule has 1 N–H and O–H groups in total. The van der Waals surface area contributed by atoms with Crippen LogP contribution in [0.4, 0.5) is 5.69 Å². The number of ether oxygens (including phenoxy) is 1. The maximum absolute atomic E-state index is 10.9. The molecule has 0 aliphatic heterocycles. The first-order valence-electron chi connectivity index (χ1n) is 6.56. The predicted molar refractivity (Wildman–Crippen MR) is 75.4 cm³/mol. The van der Waals surface area contributed by atoms with E-state index in [-0.39, 0.29) is 5.69 Å². The molecular formula is C14H22N2O3. The second-order valence-electron chi connectivity index (χ2n) is 4.98. The fraction of sp³-hybridized carbons (Fsp3) is 0.571. The largest absolute Gasteiger partial charge is 0.490 e. The molecule has 0 aliphatic rings. The minimum absolute atomic E-state index is 0.0176. The van der Waals surface area contributed by atoms with Gasteiger partial charge in [-0.1, -0.05) is 19.9 Å². The maximum Gasteiger partial charge on any atom is 0.311 e. The van der Waals surface area contributed by atoms with Gasteiger partial charge in [0, 0.05) is 12.6 Å². The van der Waals surface area contributed by atoms with Crippen molar-refractivity contribution >= 4 is 5.69 Å². The number of benzene rings is 1. The van der Waals surface area contributed by atoms with E-state index < -0.39 is 4.92 Å². The van der Waals surface area contributed by atoms with Crippen LogP contribution in [0.3, 0.4) is 0 Å². The van der Waals surface area contributed by atoms with Crippen molar-refractivity contribution in [3.8, 4) is 5.75 Å². The Labute approximate surface area is 114 Å². The first kappa shape index (κ1) is 15.4. The Hall–Kier alpha value is -1.62. The van der Waals surface area contributed by atoms with Gasteiger partial charge in [0.05, 0.1) is 12.0 Å². The van der Waals surface area contributed by atoms with Gasteiger partial charge in [0.25, 0.3) is 0 Å². The molecule has 1 aromatic rings. The van der Waals surface area contributed by atoms with E-state index in [2.05, 4.69) is 19.2 Å². The summed E-state index contributed by atoms with van der Waals surface area (Å²) in [5, 5.41) is 14.2. The summed E-state index contributed by atoms with van der Waals surface area (Å²) in [7, 11) is 1.44. The number of hydrogen-bond donors (Lipinski definition) is 1. The molecule has 5 heteroatoms. The molecule has 0 aromatic heterocycles. The monoisotopic (exact) mass is 266 g/mol. The van der Waals surface area contributed by atoms with E-state index in [0.29, 0.717) is 18.2 Å². The van der Waals surface area contributed by atoms with E-state index in [9.17, 15) is 10.1 Å². The smallest absolute Gasteiger partial charge is 0.311 e. The van der Waals surface area contributed by atoms with Crippen molar-refractivity contribution in [2.24, 2.45) is 5.92 Å². The van der Waals surface area contributed by atoms with E-state index in [4.69, 9.17) is 4.74 Å². The van der Waals surface area contributed by atoms with Crippen molar-refractivity contribution in [3.05, 3.63) is 33.9 Å². The van der Waals surface area contributed by atoms with Gasteiger partial charge in [-0.05, 0) is 36.9 Å². The van der Waals surface area contributed by atoms with E-state index >= 15 is 0 Å². The summed E-state index contributed by atoms with van der Waals surface area (Å²) in [5.41, 5.74) is 0.918. The fourth-order valence-electron chi connectivity index (χ4n) is 1.86. The highest BCUT2D eigenvalue weighted by Crippen LogP contribution is 2.27. The topological polar surface area (TPSA) is 64.4 Å². The minimum Gasteiger partial charge on any atom is -0.490 e. The SMILES string of the molecule is COc1ccc(CNCCCC(C)C)cc1[N+](=O)[O-]. The molecule has 0 heterocycles. The van der Waals surface area contributed by atoms with Crippen LogP contribution in [-0.2, 0) is 6.54 Å². The fourth-order valence-corrected chi connectivity index (χ4v) is 1.86. The number of nitrogens with one attached hydrogen (secondary N) is 1. The summed E-state index contributed by atoms with van der Waals surface area (Å²) in [6.07, 6.45) is 2.31. The number of nitro benzene ring substituents is 1. The summed E-state index contributed by atoms with van der Waals surface area (Å²) in [4.78, 5) is 10.5. The number of nitro groups is 1. The Morgan fingerprint density at radius 2 is 2.16 bits per heavy atom. The Bertz CT molecular complexity index is 419. The molecule has 0 atom stereocenters. The van der Waals surface area contributed by atoms with Gasteiger partial charge < -0.3 is 10.1 Å². The molecule has 0 aliphatic carbocycles. The molecule has 106 valence electrons. The summed E-state index contributed by atoms with van der Waals surface area (Å²) in [6, 6.07) is 5.05. The number of nitrogens with zero attached hydrogens (tertiary/aromatic N) is 1. The Morgan fingerprint density at radius 3 is 2.74 bits per heavy atom. The van der Waals surface area contributed by atoms with Crippen molar-refractivity contribution in [1.82, 2.24) is 5.32 Å². The highest BCUT2D eigenvalue weighted by Gasteiger charge is 2.14. The second kappa shape index (κ2) is 7.74. The molecule has 0 saturated heterocycles. The Kier molecular flexibility index (Phi) is 6.29. The zero-order valence-electron chi connectivity index (χ0n) is 11.8. The van der Waals surface area contributed by atoms with Gasteiger partial charge in [-0.3, -0.25) is 10.1 Å². The van der Waals surface area contributed by atoms with Gasteiger partial charge in [-0.15, -0.1) is 0 Å². The standard InChI is InChI=1S/C14H22N2O3/c1-11(2)5-4-8-15-10-12-6-7-14(19-3)13(9-12)16(17)18/h6-7,9,11,15H,4-5,8,10H2,1-3H3. The van der Waals surface area contributed by atoms with Crippen molar-refractivity contribution in [2.45, 2.75) is 33.2 Å². The number of rotatable bonds is 8. The van der Waals surface area contributed by atoms with Crippen LogP contribution in [-0.4, -0.2) is 18.6 Å². The number of hydrogen-bond acceptors (Lipinski definition) is 4. The quantitative estimate of drug-likeness (QED) is 0.446. The summed E-state index contributed by atoms with van der Waals surface area (Å²) in [6.45, 7) is 5.97. The lowest BCUT2D eigenvalue weighted by atomic mass is 10.1. The molecule has 1 aromatic carbocycles. The molecule has 0 spiro atoms. The van der Waals surface area contributed by atoms with Crippen molar-refractivity contribution in [1.29, 1.82) is 0 Å². The van der Waals surface area contributed by atoms with Crippen molar-refractivity contribution < 1.29 is 9.66 Å². The molecule has 0 unspecified atom stereocenters. The summed E-state index contributed by atoms with van der Waals surface area (Å²) < 4.78 is 4.97. The lowest BCUT2D eigenvalue weighted by Crippen LogP contribution is -2.15. The van der Waals surface area contributed by atoms with E-state index in [1.807, 2.05) is 6.07 Å². The average molecular weight is 266 g/mol. The highest BCUT2D eigenvalue weighted by atomic mass is 16.6. The molecule has 0 radical (unpaired) electrons. The second-order valence-corrected chi connectivity index (χ2v) is 4.98. The lowest BCUT2D eigenvalue weighted by Gasteiger charge is -2.08. The van der Waals surface area contributed by atoms with Crippen LogP contribution in [0.1, 0.15) is 32.3 Å². The first-order chi connectivity index (χ1) is 9.04. The molecule has 0 bridgehead atoms. The van der Waals surface area contributed by atoms with Crippen molar-refractivity contribution in [2.75, 3.05) is 13.7 Å². The normalized spacial score (nSPS) is 10.7. The molecule has 1 rings (SSSR count). The zero-order valence-corrected chi connectivity index (χ0v) is 11.8. The first-order valence-corrected chi connectivity index (χ1v) is 6.56. The highest BCUT2D eigenvalue weighted by molar-refractivity contribution is 5.48. The third-order valence-electron chi connectivity index (χ3n) is 2.90. The average Bonchev–Trinajstić information content (AvgIpc) is 2.37. The van der Waals surface area contributed by atoms with E-state index in [0.717, 1.165) is 18.5 Å². The van der Waals surface area contributed by atoms with Gasteiger partial charge >= 0.3 is 5.69 Å². The van der Waals surface area contributed by atoms with Crippen LogP contribution in [0.5, 0.6) is 5.75 Å². The van der Waals surface area contributed by atoms with Gasteiger partial charge in [-0.2, -0.15) is 0 Å². The molecular weight excluding hydrogens is 244 g/mol. The third kappa shape index (κ3) is 5.26. The lowest BCUT2D eigenvalue weighted by molar-refractivity contribution is -0.385. The number of methoxy groups -OCH3 is 1. The predicted octanol–water partition coefficient (Wildman–Crippen LogP) is 3.13. The van der Waals surface area contributed by atoms with Crippen molar-refractivity contribution in [3.63, 3.8) is 0 Å². The van der Waals surface area contributed by atoms with Gasteiger partial charge in [-0.25, -0.2) is 0 Å². The maximum atomic E-state index is 10.9. The Balaban J connectivity index is 2.50. The van der Waals surface area contributed by atoms with Crippen LogP contribution >= 0.6 is 0 Å². The van der Waals surface area contributed by atoms with Crippen LogP contribution in [0, 0.1) is 16.0 Å². The summed E-state index contributed by atoms with van der Waals surface area (Å²) in [5.74, 6) is 1.01. The van der Waals surface area contributed by atoms with Crippen LogP contribution in [0.25, 0.3) is 0 Å². The van der Waals surface area contributed by atoms with E-state index in [1.165, 1.54) is 13.5 Å². The van der Waals surface area contributed by atoms with Gasteiger partial charge in [0.15, 0.2) is 5.75 Å². The molecule has 5 nitrogen and oxygen atoms in total. The van der Waals surface area contributed by atoms with Gasteiger partial charge in [0.1, 0.15) is 0 Å². The molecule has 19 heavy (non-hydrogen) atoms. The molecule has 0 saturated carbocycles. The third-order valence-corrected chi connectivity index (χ3v) is 2.90. The van der Waals surface area contributed by atoms with Crippen LogP contribution in [0.15, 0.2) is 18.2 Å². The molecule has 0 amide bonds. The van der Waals surface area contributed by atoms with Crippen LogP contribution < -0.4 is 10.1 Å². The summed E-state index contributed by atoms with van der Waals surface area (Å²) >= 11 is 0.